The average Bonchev–Trinajstić information content (AvgIpc) is 3.32. The predicted molar refractivity (Wildman–Crippen MR) is 138 cm³/mol. The van der Waals surface area contributed by atoms with Gasteiger partial charge in [0.25, 0.3) is 11.8 Å². The van der Waals surface area contributed by atoms with Gasteiger partial charge in [0.1, 0.15) is 0 Å². The number of ether oxygens (including phenoxy) is 1. The number of aryl methyl sites for hydroxylation is 1. The summed E-state index contributed by atoms with van der Waals surface area (Å²) in [5.74, 6) is -0.139. The molecule has 1 saturated heterocycles. The summed E-state index contributed by atoms with van der Waals surface area (Å²) in [6.07, 6.45) is 0.00143. The van der Waals surface area contributed by atoms with Crippen molar-refractivity contribution in [3.63, 3.8) is 0 Å². The summed E-state index contributed by atoms with van der Waals surface area (Å²) < 4.78 is 7.52. The molecule has 3 aromatic rings. The number of hydrogen-bond donors (Lipinski definition) is 0. The number of piperazine rings is 1. The molecule has 1 aromatic heterocycles. The number of para-hydroxylation sites is 1. The van der Waals surface area contributed by atoms with Crippen LogP contribution in [0.15, 0.2) is 60.7 Å². The van der Waals surface area contributed by atoms with Gasteiger partial charge in [0.05, 0.1) is 0 Å². The third-order valence-corrected chi connectivity index (χ3v) is 7.20. The van der Waals surface area contributed by atoms with E-state index in [9.17, 15) is 9.59 Å². The number of rotatable bonds is 6. The zero-order valence-corrected chi connectivity index (χ0v) is 21.0. The van der Waals surface area contributed by atoms with Crippen LogP contribution >= 0.6 is 0 Å². The predicted octanol–water partition coefficient (Wildman–Crippen LogP) is 3.14. The van der Waals surface area contributed by atoms with Crippen molar-refractivity contribution in [3.05, 3.63) is 83.2 Å². The lowest BCUT2D eigenvalue weighted by Gasteiger charge is -2.36. The number of carbonyl (C=O) groups excluding carboxylic acids is 2. The van der Waals surface area contributed by atoms with E-state index in [4.69, 9.17) is 9.84 Å². The molecule has 0 bridgehead atoms. The number of aromatic nitrogens is 2. The quantitative estimate of drug-likeness (QED) is 0.534. The standard InChI is InChI=1S/C28H33N5O3/c1-3-33-24-14-15-32(28(35)26(36-2)21-10-6-4-7-11-21)20-23(24)25(29-33)27(34)31-18-16-30(17-19-31)22-12-8-5-9-13-22/h4-13,26H,3,14-20H2,1-2H3/t26-/m0/s1. The Morgan fingerprint density at radius 3 is 2.22 bits per heavy atom. The van der Waals surface area contributed by atoms with E-state index in [0.29, 0.717) is 44.8 Å². The van der Waals surface area contributed by atoms with E-state index in [1.54, 1.807) is 12.0 Å². The molecule has 3 heterocycles. The minimum atomic E-state index is -0.667. The third kappa shape index (κ3) is 4.60. The Balaban J connectivity index is 1.33. The molecule has 8 nitrogen and oxygen atoms in total. The van der Waals surface area contributed by atoms with E-state index in [2.05, 4.69) is 17.0 Å². The van der Waals surface area contributed by atoms with Crippen LogP contribution in [0.5, 0.6) is 0 Å². The van der Waals surface area contributed by atoms with Crippen LogP contribution in [0, 0.1) is 0 Å². The molecule has 2 amide bonds. The van der Waals surface area contributed by atoms with E-state index in [1.165, 1.54) is 5.69 Å². The molecule has 1 atom stereocenters. The fourth-order valence-electron chi connectivity index (χ4n) is 5.24. The number of benzene rings is 2. The maximum Gasteiger partial charge on any atom is 0.274 e. The van der Waals surface area contributed by atoms with Crippen molar-refractivity contribution in [1.29, 1.82) is 0 Å². The SMILES string of the molecule is CCn1nc(C(=O)N2CCN(c3ccccc3)CC2)c2c1CCN(C(=O)[C@@H](OC)c1ccccc1)C2. The molecule has 0 N–H and O–H groups in total. The molecule has 36 heavy (non-hydrogen) atoms. The summed E-state index contributed by atoms with van der Waals surface area (Å²) in [5.41, 5.74) is 4.41. The number of nitrogens with zero attached hydrogens (tertiary/aromatic N) is 5. The minimum Gasteiger partial charge on any atom is -0.368 e. The van der Waals surface area contributed by atoms with Crippen molar-refractivity contribution >= 4 is 17.5 Å². The lowest BCUT2D eigenvalue weighted by atomic mass is 10.0. The molecule has 0 unspecified atom stereocenters. The van der Waals surface area contributed by atoms with Crippen LogP contribution in [0.25, 0.3) is 0 Å². The Kier molecular flexibility index (Phi) is 7.04. The highest BCUT2D eigenvalue weighted by Crippen LogP contribution is 2.28. The second-order valence-electron chi connectivity index (χ2n) is 9.24. The second-order valence-corrected chi connectivity index (χ2v) is 9.24. The topological polar surface area (TPSA) is 70.9 Å². The van der Waals surface area contributed by atoms with Gasteiger partial charge in [0.2, 0.25) is 0 Å². The van der Waals surface area contributed by atoms with E-state index < -0.39 is 6.10 Å². The van der Waals surface area contributed by atoms with Crippen LogP contribution in [-0.2, 0) is 29.0 Å². The molecule has 0 radical (unpaired) electrons. The molecule has 2 aromatic carbocycles. The third-order valence-electron chi connectivity index (χ3n) is 7.20. The lowest BCUT2D eigenvalue weighted by molar-refractivity contribution is -0.143. The maximum absolute atomic E-state index is 13.6. The van der Waals surface area contributed by atoms with Crippen LogP contribution in [0.4, 0.5) is 5.69 Å². The molecule has 8 heteroatoms. The van der Waals surface area contributed by atoms with E-state index in [1.807, 2.05) is 65.0 Å². The Hall–Kier alpha value is -3.65. The number of fused-ring (bicyclic) bond motifs is 1. The van der Waals surface area contributed by atoms with Crippen molar-refractivity contribution in [1.82, 2.24) is 19.6 Å². The summed E-state index contributed by atoms with van der Waals surface area (Å²) in [4.78, 5) is 33.1. The van der Waals surface area contributed by atoms with Crippen LogP contribution in [0.2, 0.25) is 0 Å². The maximum atomic E-state index is 13.6. The van der Waals surface area contributed by atoms with Crippen LogP contribution in [-0.4, -0.2) is 71.2 Å². The van der Waals surface area contributed by atoms with Gasteiger partial charge in [-0.3, -0.25) is 14.3 Å². The van der Waals surface area contributed by atoms with Crippen molar-refractivity contribution in [2.45, 2.75) is 32.5 Å². The van der Waals surface area contributed by atoms with Crippen molar-refractivity contribution < 1.29 is 14.3 Å². The molecule has 1 fully saturated rings. The number of amides is 2. The van der Waals surface area contributed by atoms with Crippen LogP contribution in [0.3, 0.4) is 0 Å². The van der Waals surface area contributed by atoms with Gasteiger partial charge in [-0.15, -0.1) is 0 Å². The second kappa shape index (κ2) is 10.5. The van der Waals surface area contributed by atoms with Crippen molar-refractivity contribution in [2.75, 3.05) is 44.7 Å². The fraction of sp³-hybridized carbons (Fsp3) is 0.393. The van der Waals surface area contributed by atoms with Gasteiger partial charge in [-0.1, -0.05) is 48.5 Å². The summed E-state index contributed by atoms with van der Waals surface area (Å²) >= 11 is 0. The Morgan fingerprint density at radius 1 is 0.917 bits per heavy atom. The van der Waals surface area contributed by atoms with Gasteiger partial charge in [-0.2, -0.15) is 5.10 Å². The summed E-state index contributed by atoms with van der Waals surface area (Å²) in [7, 11) is 1.56. The first kappa shape index (κ1) is 24.1. The van der Waals surface area contributed by atoms with E-state index >= 15 is 0 Å². The minimum absolute atomic E-state index is 0.0492. The first-order chi connectivity index (χ1) is 17.6. The first-order valence-electron chi connectivity index (χ1n) is 12.6. The first-order valence-corrected chi connectivity index (χ1v) is 12.6. The Labute approximate surface area is 212 Å². The number of carbonyl (C=O) groups is 2. The summed E-state index contributed by atoms with van der Waals surface area (Å²) in [6.45, 7) is 6.52. The summed E-state index contributed by atoms with van der Waals surface area (Å²) in [5, 5.41) is 4.72. The molecule has 0 spiro atoms. The molecule has 2 aliphatic rings. The number of hydrogen-bond acceptors (Lipinski definition) is 5. The highest BCUT2D eigenvalue weighted by atomic mass is 16.5. The number of methoxy groups -OCH3 is 1. The van der Waals surface area contributed by atoms with Gasteiger partial charge in [0.15, 0.2) is 11.8 Å². The largest absolute Gasteiger partial charge is 0.368 e. The molecular formula is C28H33N5O3. The zero-order valence-electron chi connectivity index (χ0n) is 21.0. The zero-order chi connectivity index (χ0) is 25.1. The van der Waals surface area contributed by atoms with Crippen molar-refractivity contribution in [3.8, 4) is 0 Å². The monoisotopic (exact) mass is 487 g/mol. The van der Waals surface area contributed by atoms with E-state index in [-0.39, 0.29) is 11.8 Å². The molecule has 0 aliphatic carbocycles. The smallest absolute Gasteiger partial charge is 0.274 e. The normalized spacial score (nSPS) is 16.6. The highest BCUT2D eigenvalue weighted by Gasteiger charge is 2.35. The lowest BCUT2D eigenvalue weighted by Crippen LogP contribution is -2.49. The average molecular weight is 488 g/mol. The van der Waals surface area contributed by atoms with Gasteiger partial charge >= 0.3 is 0 Å². The van der Waals surface area contributed by atoms with Gasteiger partial charge in [-0.05, 0) is 24.6 Å². The molecule has 0 saturated carbocycles. The highest BCUT2D eigenvalue weighted by molar-refractivity contribution is 5.94. The van der Waals surface area contributed by atoms with Crippen molar-refractivity contribution in [2.24, 2.45) is 0 Å². The Bertz CT molecular complexity index is 1200. The molecule has 5 rings (SSSR count). The van der Waals surface area contributed by atoms with Gasteiger partial charge in [0, 0.05) is 76.3 Å². The summed E-state index contributed by atoms with van der Waals surface area (Å²) in [6, 6.07) is 19.8. The van der Waals surface area contributed by atoms with E-state index in [0.717, 1.165) is 29.9 Å². The number of anilines is 1. The molecule has 2 aliphatic heterocycles. The molecule has 188 valence electrons. The van der Waals surface area contributed by atoms with Gasteiger partial charge < -0.3 is 19.4 Å². The Morgan fingerprint density at radius 2 is 1.58 bits per heavy atom. The van der Waals surface area contributed by atoms with Crippen LogP contribution in [0.1, 0.15) is 40.3 Å². The molecular weight excluding hydrogens is 454 g/mol. The fourth-order valence-corrected chi connectivity index (χ4v) is 5.24. The van der Waals surface area contributed by atoms with Gasteiger partial charge in [-0.25, -0.2) is 0 Å². The van der Waals surface area contributed by atoms with Crippen LogP contribution < -0.4 is 4.90 Å².